The first kappa shape index (κ1) is 16.4. The van der Waals surface area contributed by atoms with Crippen LogP contribution in [-0.2, 0) is 0 Å². The van der Waals surface area contributed by atoms with E-state index < -0.39 is 0 Å². The highest BCUT2D eigenvalue weighted by Crippen LogP contribution is 2.28. The molecule has 2 rings (SSSR count). The highest BCUT2D eigenvalue weighted by atomic mass is 16.1. The lowest BCUT2D eigenvalue weighted by molar-refractivity contribution is 0.0973. The van der Waals surface area contributed by atoms with Crippen molar-refractivity contribution in [2.75, 3.05) is 0 Å². The molecule has 0 aromatic heterocycles. The van der Waals surface area contributed by atoms with E-state index in [9.17, 15) is 9.59 Å². The number of hydrogen-bond donors (Lipinski definition) is 0. The first-order valence-corrected chi connectivity index (χ1v) is 8.10. The van der Waals surface area contributed by atoms with Gasteiger partial charge in [-0.25, -0.2) is 0 Å². The summed E-state index contributed by atoms with van der Waals surface area (Å²) >= 11 is 0. The Hall–Kier alpha value is -1.96. The molecule has 0 amide bonds. The van der Waals surface area contributed by atoms with Crippen LogP contribution in [-0.4, -0.2) is 11.6 Å². The average Bonchev–Trinajstić information content (AvgIpc) is 2.53. The lowest BCUT2D eigenvalue weighted by Gasteiger charge is -2.18. The van der Waals surface area contributed by atoms with E-state index in [0.29, 0.717) is 28.7 Å². The van der Waals surface area contributed by atoms with Gasteiger partial charge in [0.15, 0.2) is 11.6 Å². The monoisotopic (exact) mass is 296 g/mol. The molecule has 0 aliphatic heterocycles. The number of allylic oxidation sites excluding steroid dienone is 4. The Morgan fingerprint density at radius 1 is 1.05 bits per heavy atom. The van der Waals surface area contributed by atoms with Crippen molar-refractivity contribution in [1.29, 1.82) is 0 Å². The van der Waals surface area contributed by atoms with Crippen molar-refractivity contribution in [2.24, 2.45) is 0 Å². The third kappa shape index (κ3) is 3.44. The molecule has 0 unspecified atom stereocenters. The van der Waals surface area contributed by atoms with Gasteiger partial charge in [0, 0.05) is 22.3 Å². The lowest BCUT2D eigenvalue weighted by atomic mass is 9.83. The maximum atomic E-state index is 12.6. The van der Waals surface area contributed by atoms with Crippen LogP contribution in [0.15, 0.2) is 47.1 Å². The van der Waals surface area contributed by atoms with Crippen molar-refractivity contribution in [3.05, 3.63) is 58.2 Å². The van der Waals surface area contributed by atoms with Crippen LogP contribution in [0.4, 0.5) is 0 Å². The van der Waals surface area contributed by atoms with Gasteiger partial charge in [0.2, 0.25) is 0 Å². The van der Waals surface area contributed by atoms with Crippen LogP contribution in [0.2, 0.25) is 0 Å². The smallest absolute Gasteiger partial charge is 0.190 e. The van der Waals surface area contributed by atoms with E-state index in [-0.39, 0.29) is 11.6 Å². The topological polar surface area (TPSA) is 34.1 Å². The number of ketones is 2. The van der Waals surface area contributed by atoms with Crippen molar-refractivity contribution in [2.45, 2.75) is 52.9 Å². The lowest BCUT2D eigenvalue weighted by Crippen LogP contribution is -2.20. The molecule has 1 aliphatic rings. The summed E-state index contributed by atoms with van der Waals surface area (Å²) in [5, 5.41) is 0. The van der Waals surface area contributed by atoms with Gasteiger partial charge in [-0.1, -0.05) is 55.7 Å². The van der Waals surface area contributed by atoms with Gasteiger partial charge in [-0.2, -0.15) is 0 Å². The molecule has 1 aromatic carbocycles. The highest BCUT2D eigenvalue weighted by molar-refractivity contribution is 6.26. The van der Waals surface area contributed by atoms with Crippen LogP contribution in [0.5, 0.6) is 0 Å². The van der Waals surface area contributed by atoms with Gasteiger partial charge in [0.25, 0.3) is 0 Å². The molecule has 0 atom stereocenters. The van der Waals surface area contributed by atoms with E-state index in [1.165, 1.54) is 24.8 Å². The number of Topliss-reactive ketones (excluding diaryl/α,β-unsaturated/α-hetero) is 2. The quantitative estimate of drug-likeness (QED) is 0.527. The molecule has 1 aromatic rings. The number of carbonyl (C=O) groups is 2. The van der Waals surface area contributed by atoms with Crippen molar-refractivity contribution in [1.82, 2.24) is 0 Å². The van der Waals surface area contributed by atoms with Gasteiger partial charge in [-0.3, -0.25) is 9.59 Å². The highest BCUT2D eigenvalue weighted by Gasteiger charge is 2.28. The van der Waals surface area contributed by atoms with Gasteiger partial charge in [-0.05, 0) is 33.1 Å². The van der Waals surface area contributed by atoms with Crippen LogP contribution >= 0.6 is 0 Å². The van der Waals surface area contributed by atoms with Crippen LogP contribution in [0.3, 0.4) is 0 Å². The summed E-state index contributed by atoms with van der Waals surface area (Å²) in [6, 6.07) is 7.11. The Morgan fingerprint density at radius 2 is 1.68 bits per heavy atom. The summed E-state index contributed by atoms with van der Waals surface area (Å²) in [4.78, 5) is 25.0. The molecular formula is C20H24O2. The second kappa shape index (κ2) is 7.35. The molecule has 2 nitrogen and oxygen atoms in total. The molecule has 0 fully saturated rings. The van der Waals surface area contributed by atoms with E-state index in [2.05, 4.69) is 19.9 Å². The second-order valence-electron chi connectivity index (χ2n) is 6.02. The van der Waals surface area contributed by atoms with Gasteiger partial charge in [0.1, 0.15) is 0 Å². The molecule has 0 saturated heterocycles. The fraction of sp³-hybridized carbons (Fsp3) is 0.400. The molecule has 2 heteroatoms. The minimum Gasteiger partial charge on any atom is -0.289 e. The third-order valence-corrected chi connectivity index (χ3v) is 4.31. The van der Waals surface area contributed by atoms with E-state index in [1.54, 1.807) is 25.1 Å². The first-order valence-electron chi connectivity index (χ1n) is 8.10. The molecule has 0 N–H and O–H groups in total. The summed E-state index contributed by atoms with van der Waals surface area (Å²) in [6.07, 6.45) is 7.36. The Morgan fingerprint density at radius 3 is 2.32 bits per heavy atom. The predicted octanol–water partition coefficient (Wildman–Crippen LogP) is 5.30. The first-order chi connectivity index (χ1) is 10.6. The summed E-state index contributed by atoms with van der Waals surface area (Å²) < 4.78 is 0. The van der Waals surface area contributed by atoms with Crippen molar-refractivity contribution in [3.63, 3.8) is 0 Å². The van der Waals surface area contributed by atoms with Crippen molar-refractivity contribution >= 4 is 11.6 Å². The molecule has 22 heavy (non-hydrogen) atoms. The largest absolute Gasteiger partial charge is 0.289 e. The van der Waals surface area contributed by atoms with E-state index >= 15 is 0 Å². The molecule has 1 aliphatic carbocycles. The van der Waals surface area contributed by atoms with Crippen LogP contribution in [0.1, 0.15) is 73.6 Å². The minimum atomic E-state index is -0.0118. The van der Waals surface area contributed by atoms with Crippen LogP contribution < -0.4 is 0 Å². The van der Waals surface area contributed by atoms with Crippen molar-refractivity contribution < 1.29 is 9.59 Å². The zero-order valence-electron chi connectivity index (χ0n) is 13.7. The summed E-state index contributed by atoms with van der Waals surface area (Å²) in [6.45, 7) is 6.07. The zero-order valence-corrected chi connectivity index (χ0v) is 13.7. The fourth-order valence-corrected chi connectivity index (χ4v) is 2.83. The third-order valence-electron chi connectivity index (χ3n) is 4.31. The molecule has 0 radical (unpaired) electrons. The number of fused-ring (bicyclic) bond motifs is 1. The molecule has 116 valence electrons. The molecule has 0 saturated carbocycles. The van der Waals surface area contributed by atoms with E-state index in [0.717, 1.165) is 6.42 Å². The molecule has 0 bridgehead atoms. The maximum absolute atomic E-state index is 12.6. The predicted molar refractivity (Wildman–Crippen MR) is 90.3 cm³/mol. The van der Waals surface area contributed by atoms with Gasteiger partial charge in [-0.15, -0.1) is 0 Å². The summed E-state index contributed by atoms with van der Waals surface area (Å²) in [5.74, 6) is -0.00690. The van der Waals surface area contributed by atoms with Gasteiger partial charge in [0.05, 0.1) is 0 Å². The van der Waals surface area contributed by atoms with E-state index in [4.69, 9.17) is 0 Å². The maximum Gasteiger partial charge on any atom is 0.190 e. The minimum absolute atomic E-state index is 0.00491. The SMILES string of the molecule is CCCCC/C(C)=C\CC1=C(C)C(=O)c2ccccc2C1=O. The molecule has 0 heterocycles. The molecular weight excluding hydrogens is 272 g/mol. The van der Waals surface area contributed by atoms with Crippen molar-refractivity contribution in [3.8, 4) is 0 Å². The van der Waals surface area contributed by atoms with Crippen LogP contribution in [0, 0.1) is 0 Å². The number of hydrogen-bond acceptors (Lipinski definition) is 2. The average molecular weight is 296 g/mol. The standard InChI is InChI=1S/C20H24O2/c1-4-5-6-9-14(2)12-13-16-15(3)19(21)17-10-7-8-11-18(17)20(16)22/h7-8,10-12H,4-6,9,13H2,1-3H3/b14-12-. The summed E-state index contributed by atoms with van der Waals surface area (Å²) in [5.41, 5.74) is 3.63. The molecule has 0 spiro atoms. The Kier molecular flexibility index (Phi) is 5.48. The van der Waals surface area contributed by atoms with Gasteiger partial charge < -0.3 is 0 Å². The number of benzene rings is 1. The second-order valence-corrected chi connectivity index (χ2v) is 6.02. The Labute approximate surface area is 132 Å². The zero-order chi connectivity index (χ0) is 16.1. The fourth-order valence-electron chi connectivity index (χ4n) is 2.83. The normalized spacial score (nSPS) is 15.3. The number of unbranched alkanes of at least 4 members (excludes halogenated alkanes) is 2. The number of rotatable bonds is 6. The summed E-state index contributed by atoms with van der Waals surface area (Å²) in [7, 11) is 0. The van der Waals surface area contributed by atoms with Gasteiger partial charge >= 0.3 is 0 Å². The number of carbonyl (C=O) groups excluding carboxylic acids is 2. The Balaban J connectivity index is 2.18. The Bertz CT molecular complexity index is 647. The van der Waals surface area contributed by atoms with E-state index in [1.807, 2.05) is 6.07 Å². The van der Waals surface area contributed by atoms with Crippen LogP contribution in [0.25, 0.3) is 0 Å².